The Morgan fingerprint density at radius 1 is 0.885 bits per heavy atom. The van der Waals surface area contributed by atoms with E-state index < -0.39 is 11.8 Å². The molecule has 0 spiro atoms. The number of ether oxygens (including phenoxy) is 1. The van der Waals surface area contributed by atoms with Crippen molar-refractivity contribution >= 4 is 22.4 Å². The van der Waals surface area contributed by atoms with Crippen LogP contribution < -0.4 is 4.74 Å². The summed E-state index contributed by atoms with van der Waals surface area (Å²) in [6, 6.07) is 15.3. The Hall–Kier alpha value is -1.60. The molecule has 0 saturated carbocycles. The van der Waals surface area contributed by atoms with Crippen LogP contribution in [-0.4, -0.2) is 27.1 Å². The first-order chi connectivity index (χ1) is 12.3. The van der Waals surface area contributed by atoms with E-state index in [1.54, 1.807) is 0 Å². The SMILES string of the molecule is CPC.[B]C(C(=O)Oc1c(C(C)C)cccc1C(C)C)c1ccccc1. The summed E-state index contributed by atoms with van der Waals surface area (Å²) < 4.78 is 5.75. The van der Waals surface area contributed by atoms with Crippen LogP contribution in [0.2, 0.25) is 0 Å². The van der Waals surface area contributed by atoms with Crippen molar-refractivity contribution in [3.05, 3.63) is 65.2 Å². The molecule has 2 rings (SSSR count). The van der Waals surface area contributed by atoms with Gasteiger partial charge in [-0.25, -0.2) is 0 Å². The summed E-state index contributed by atoms with van der Waals surface area (Å²) in [5, 5.41) is 0. The van der Waals surface area contributed by atoms with Gasteiger partial charge in [0.25, 0.3) is 0 Å². The molecule has 0 heterocycles. The van der Waals surface area contributed by atoms with Crippen molar-refractivity contribution in [2.45, 2.75) is 45.3 Å². The van der Waals surface area contributed by atoms with Gasteiger partial charge in [0.2, 0.25) is 0 Å². The summed E-state index contributed by atoms with van der Waals surface area (Å²) >= 11 is 0. The minimum atomic E-state index is -0.781. The molecule has 1 unspecified atom stereocenters. The second-order valence-electron chi connectivity index (χ2n) is 6.88. The predicted octanol–water partition coefficient (Wildman–Crippen LogP) is 5.67. The van der Waals surface area contributed by atoms with Crippen LogP contribution >= 0.6 is 8.58 Å². The Balaban J connectivity index is 0.00000105. The number of rotatable bonds is 5. The third-order valence-electron chi connectivity index (χ3n) is 3.94. The zero-order chi connectivity index (χ0) is 19.7. The van der Waals surface area contributed by atoms with Gasteiger partial charge in [-0.3, -0.25) is 4.79 Å². The maximum absolute atomic E-state index is 12.5. The average Bonchev–Trinajstić information content (AvgIpc) is 2.62. The van der Waals surface area contributed by atoms with Gasteiger partial charge in [-0.2, -0.15) is 0 Å². The Labute approximate surface area is 161 Å². The summed E-state index contributed by atoms with van der Waals surface area (Å²) in [5.74, 6) is -0.00888. The van der Waals surface area contributed by atoms with E-state index in [9.17, 15) is 4.79 Å². The molecule has 0 amide bonds. The largest absolute Gasteiger partial charge is 0.426 e. The van der Waals surface area contributed by atoms with Crippen LogP contribution in [0.15, 0.2) is 48.5 Å². The van der Waals surface area contributed by atoms with Gasteiger partial charge >= 0.3 is 5.97 Å². The van der Waals surface area contributed by atoms with Gasteiger partial charge < -0.3 is 4.74 Å². The smallest absolute Gasteiger partial charge is 0.309 e. The fourth-order valence-corrected chi connectivity index (χ4v) is 2.56. The van der Waals surface area contributed by atoms with Gasteiger partial charge in [-0.1, -0.05) is 76.2 Å². The van der Waals surface area contributed by atoms with Crippen LogP contribution in [0, 0.1) is 0 Å². The van der Waals surface area contributed by atoms with Gasteiger partial charge in [0.1, 0.15) is 5.75 Å². The van der Waals surface area contributed by atoms with E-state index >= 15 is 0 Å². The van der Waals surface area contributed by atoms with Crippen molar-refractivity contribution in [3.8, 4) is 5.75 Å². The Bertz CT molecular complexity index is 658. The molecule has 0 bridgehead atoms. The fraction of sp³-hybridized carbons (Fsp3) is 0.409. The molecule has 0 aliphatic heterocycles. The molecule has 2 aromatic rings. The Kier molecular flexibility index (Phi) is 9.66. The lowest BCUT2D eigenvalue weighted by atomic mass is 9.81. The monoisotopic (exact) mass is 368 g/mol. The van der Waals surface area contributed by atoms with E-state index in [2.05, 4.69) is 41.0 Å². The second kappa shape index (κ2) is 11.2. The standard InChI is InChI=1S/C20H23BO2.C2H7P/c1-13(2)16-11-8-12-17(14(3)4)19(16)23-20(22)18(21)15-9-6-5-7-10-15;1-3-2/h5-14,18H,1-4H3;3H,1-2H3. The molecule has 2 nitrogen and oxygen atoms in total. The van der Waals surface area contributed by atoms with E-state index in [-0.39, 0.29) is 11.8 Å². The van der Waals surface area contributed by atoms with Crippen LogP contribution in [0.4, 0.5) is 0 Å². The topological polar surface area (TPSA) is 26.3 Å². The van der Waals surface area contributed by atoms with E-state index in [4.69, 9.17) is 12.6 Å². The number of esters is 1. The van der Waals surface area contributed by atoms with Gasteiger partial charge in [0.05, 0.1) is 7.85 Å². The molecule has 0 saturated heterocycles. The molecule has 2 aromatic carbocycles. The number of hydrogen-bond acceptors (Lipinski definition) is 2. The van der Waals surface area contributed by atoms with Crippen LogP contribution in [0.1, 0.15) is 62.0 Å². The summed E-state index contributed by atoms with van der Waals surface area (Å²) in [4.78, 5) is 12.5. The van der Waals surface area contributed by atoms with Gasteiger partial charge in [-0.05, 0) is 41.9 Å². The molecule has 4 heteroatoms. The van der Waals surface area contributed by atoms with E-state index in [1.165, 1.54) is 0 Å². The molecule has 0 aromatic heterocycles. The van der Waals surface area contributed by atoms with Gasteiger partial charge in [0, 0.05) is 5.82 Å². The third kappa shape index (κ3) is 6.29. The maximum atomic E-state index is 12.5. The summed E-state index contributed by atoms with van der Waals surface area (Å²) in [5.41, 5.74) is 2.82. The highest BCUT2D eigenvalue weighted by Gasteiger charge is 2.22. The molecular formula is C22H30BO2P. The van der Waals surface area contributed by atoms with Crippen molar-refractivity contribution in [1.29, 1.82) is 0 Å². The van der Waals surface area contributed by atoms with Gasteiger partial charge in [-0.15, -0.1) is 8.58 Å². The van der Waals surface area contributed by atoms with Crippen LogP contribution in [0.25, 0.3) is 0 Å². The quantitative estimate of drug-likeness (QED) is 0.294. The highest BCUT2D eigenvalue weighted by molar-refractivity contribution is 7.35. The second-order valence-corrected chi connectivity index (χ2v) is 7.88. The summed E-state index contributed by atoms with van der Waals surface area (Å²) in [6.45, 7) is 12.7. The number of hydrogen-bond donors (Lipinski definition) is 0. The minimum absolute atomic E-state index is 0.268. The molecule has 2 radical (unpaired) electrons. The van der Waals surface area contributed by atoms with Crippen molar-refractivity contribution < 1.29 is 9.53 Å². The maximum Gasteiger partial charge on any atom is 0.309 e. The normalized spacial score (nSPS) is 11.7. The molecule has 0 aliphatic carbocycles. The molecule has 26 heavy (non-hydrogen) atoms. The molecule has 138 valence electrons. The lowest BCUT2D eigenvalue weighted by Gasteiger charge is -2.20. The number of para-hydroxylation sites is 1. The van der Waals surface area contributed by atoms with Crippen molar-refractivity contribution in [1.82, 2.24) is 0 Å². The molecule has 0 N–H and O–H groups in total. The number of benzene rings is 2. The van der Waals surface area contributed by atoms with Crippen LogP contribution in [0.5, 0.6) is 5.75 Å². The zero-order valence-corrected chi connectivity index (χ0v) is 17.7. The van der Waals surface area contributed by atoms with Crippen molar-refractivity contribution in [2.24, 2.45) is 0 Å². The first-order valence-corrected chi connectivity index (χ1v) is 11.1. The minimum Gasteiger partial charge on any atom is -0.426 e. The third-order valence-corrected chi connectivity index (χ3v) is 3.94. The predicted molar refractivity (Wildman–Crippen MR) is 115 cm³/mol. The first-order valence-electron chi connectivity index (χ1n) is 9.06. The number of carbonyl (C=O) groups excluding carboxylic acids is 1. The Morgan fingerprint density at radius 2 is 1.35 bits per heavy atom. The zero-order valence-electron chi connectivity index (χ0n) is 16.7. The molecule has 0 fully saturated rings. The molecule has 0 aliphatic rings. The van der Waals surface area contributed by atoms with E-state index in [0.717, 1.165) is 25.3 Å². The van der Waals surface area contributed by atoms with E-state index in [1.807, 2.05) is 48.5 Å². The Morgan fingerprint density at radius 3 is 1.77 bits per heavy atom. The fourth-order valence-electron chi connectivity index (χ4n) is 2.56. The summed E-state index contributed by atoms with van der Waals surface area (Å²) in [7, 11) is 7.15. The highest BCUT2D eigenvalue weighted by Crippen LogP contribution is 2.35. The number of carbonyl (C=O) groups is 1. The van der Waals surface area contributed by atoms with E-state index in [0.29, 0.717) is 5.75 Å². The first kappa shape index (κ1) is 22.4. The highest BCUT2D eigenvalue weighted by atomic mass is 31.1. The lowest BCUT2D eigenvalue weighted by Crippen LogP contribution is -2.20. The molecular weight excluding hydrogens is 338 g/mol. The summed E-state index contributed by atoms with van der Waals surface area (Å²) in [6.07, 6.45) is 0. The van der Waals surface area contributed by atoms with Crippen LogP contribution in [0.3, 0.4) is 0 Å². The van der Waals surface area contributed by atoms with Gasteiger partial charge in [0.15, 0.2) is 0 Å². The van der Waals surface area contributed by atoms with Crippen LogP contribution in [-0.2, 0) is 4.79 Å². The van der Waals surface area contributed by atoms with Crippen molar-refractivity contribution in [2.75, 3.05) is 13.3 Å². The average molecular weight is 368 g/mol. The lowest BCUT2D eigenvalue weighted by molar-refractivity contribution is -0.134. The van der Waals surface area contributed by atoms with Crippen molar-refractivity contribution in [3.63, 3.8) is 0 Å². The molecule has 1 atom stereocenters.